The third-order valence-electron chi connectivity index (χ3n) is 4.61. The summed E-state index contributed by atoms with van der Waals surface area (Å²) in [7, 11) is 0. The Labute approximate surface area is 163 Å². The van der Waals surface area contributed by atoms with Crippen molar-refractivity contribution in [2.75, 3.05) is 51.4 Å². The Balaban J connectivity index is 1.55. The van der Waals surface area contributed by atoms with Crippen molar-refractivity contribution in [2.45, 2.75) is 45.4 Å². The molecule has 1 aromatic rings. The summed E-state index contributed by atoms with van der Waals surface area (Å²) in [6.07, 6.45) is 6.65. The van der Waals surface area contributed by atoms with Crippen LogP contribution in [-0.2, 0) is 9.47 Å². The number of unbranched alkanes of at least 4 members (excludes halogenated alkanes) is 5. The van der Waals surface area contributed by atoms with Crippen molar-refractivity contribution in [3.8, 4) is 5.75 Å². The van der Waals surface area contributed by atoms with Crippen LogP contribution in [0.1, 0.15) is 45.4 Å². The molecule has 6 nitrogen and oxygen atoms in total. The zero-order chi connectivity index (χ0) is 19.2. The zero-order valence-corrected chi connectivity index (χ0v) is 16.6. The molecule has 27 heavy (non-hydrogen) atoms. The van der Waals surface area contributed by atoms with Gasteiger partial charge < -0.3 is 14.2 Å². The summed E-state index contributed by atoms with van der Waals surface area (Å²) in [6.45, 7) is 7.75. The van der Waals surface area contributed by atoms with Gasteiger partial charge in [-0.2, -0.15) is 0 Å². The van der Waals surface area contributed by atoms with Gasteiger partial charge in [0.25, 0.3) is 0 Å². The molecule has 0 aliphatic carbocycles. The van der Waals surface area contributed by atoms with E-state index in [1.54, 1.807) is 0 Å². The highest BCUT2D eigenvalue weighted by Crippen LogP contribution is 2.16. The van der Waals surface area contributed by atoms with E-state index >= 15 is 0 Å². The molecule has 2 rings (SSSR count). The number of benzene rings is 1. The predicted molar refractivity (Wildman–Crippen MR) is 108 cm³/mol. The fourth-order valence-electron chi connectivity index (χ4n) is 2.95. The van der Waals surface area contributed by atoms with Crippen molar-refractivity contribution in [1.82, 2.24) is 4.90 Å². The molecular formula is C21H34N2O4. The third kappa shape index (κ3) is 9.63. The maximum Gasteiger partial charge on any atom is 0.411 e. The predicted octanol–water partition coefficient (Wildman–Crippen LogP) is 4.31. The number of carbonyl (C=O) groups excluding carboxylic acids is 1. The van der Waals surface area contributed by atoms with Crippen LogP contribution in [0.3, 0.4) is 0 Å². The maximum atomic E-state index is 11.8. The molecule has 0 unspecified atom stereocenters. The lowest BCUT2D eigenvalue weighted by Gasteiger charge is -2.26. The lowest BCUT2D eigenvalue weighted by atomic mass is 10.1. The largest absolute Gasteiger partial charge is 0.492 e. The van der Waals surface area contributed by atoms with E-state index in [0.29, 0.717) is 18.9 Å². The Bertz CT molecular complexity index is 515. The summed E-state index contributed by atoms with van der Waals surface area (Å²) in [4.78, 5) is 14.1. The number of rotatable bonds is 12. The zero-order valence-electron chi connectivity index (χ0n) is 16.6. The van der Waals surface area contributed by atoms with Gasteiger partial charge >= 0.3 is 6.09 Å². The summed E-state index contributed by atoms with van der Waals surface area (Å²) in [6, 6.07) is 7.39. The van der Waals surface area contributed by atoms with Crippen LogP contribution in [0.15, 0.2) is 24.3 Å². The van der Waals surface area contributed by atoms with Crippen LogP contribution < -0.4 is 10.1 Å². The molecular weight excluding hydrogens is 344 g/mol. The molecule has 6 heteroatoms. The van der Waals surface area contributed by atoms with Crippen LogP contribution in [0.4, 0.5) is 10.5 Å². The van der Waals surface area contributed by atoms with E-state index in [1.807, 2.05) is 24.3 Å². The molecule has 1 N–H and O–H groups in total. The van der Waals surface area contributed by atoms with Gasteiger partial charge in [-0.1, -0.05) is 39.0 Å². The first-order valence-corrected chi connectivity index (χ1v) is 10.2. The first kappa shape index (κ1) is 21.5. The van der Waals surface area contributed by atoms with Crippen molar-refractivity contribution in [1.29, 1.82) is 0 Å². The number of morpholine rings is 1. The first-order chi connectivity index (χ1) is 13.3. The second-order valence-electron chi connectivity index (χ2n) is 6.86. The maximum absolute atomic E-state index is 11.8. The number of hydrogen-bond acceptors (Lipinski definition) is 5. The molecule has 0 radical (unpaired) electrons. The van der Waals surface area contributed by atoms with E-state index < -0.39 is 6.09 Å². The highest BCUT2D eigenvalue weighted by molar-refractivity contribution is 5.84. The van der Waals surface area contributed by atoms with Gasteiger partial charge in [0.1, 0.15) is 12.4 Å². The Morgan fingerprint density at radius 2 is 1.74 bits per heavy atom. The molecule has 1 amide bonds. The van der Waals surface area contributed by atoms with Crippen LogP contribution in [0.5, 0.6) is 5.75 Å². The van der Waals surface area contributed by atoms with Crippen LogP contribution in [0, 0.1) is 0 Å². The quantitative estimate of drug-likeness (QED) is 0.549. The van der Waals surface area contributed by atoms with E-state index in [0.717, 1.165) is 51.4 Å². The smallest absolute Gasteiger partial charge is 0.411 e. The normalized spacial score (nSPS) is 14.7. The van der Waals surface area contributed by atoms with Crippen LogP contribution >= 0.6 is 0 Å². The second kappa shape index (κ2) is 13.4. The third-order valence-corrected chi connectivity index (χ3v) is 4.61. The Morgan fingerprint density at radius 1 is 1.04 bits per heavy atom. The van der Waals surface area contributed by atoms with Gasteiger partial charge in [0.15, 0.2) is 0 Å². The number of hydrogen-bond donors (Lipinski definition) is 1. The number of carbonyl (C=O) groups is 1. The van der Waals surface area contributed by atoms with E-state index in [9.17, 15) is 4.79 Å². The van der Waals surface area contributed by atoms with Crippen molar-refractivity contribution < 1.29 is 19.0 Å². The molecule has 0 atom stereocenters. The van der Waals surface area contributed by atoms with Crippen LogP contribution in [-0.4, -0.2) is 57.1 Å². The van der Waals surface area contributed by atoms with Gasteiger partial charge in [-0.15, -0.1) is 0 Å². The summed E-state index contributed by atoms with van der Waals surface area (Å²) >= 11 is 0. The SMILES string of the molecule is CCCCCCCCOC(=O)Nc1ccc(OCCN2CCOCC2)cc1. The van der Waals surface area contributed by atoms with Crippen molar-refractivity contribution in [3.05, 3.63) is 24.3 Å². The minimum atomic E-state index is -0.399. The van der Waals surface area contributed by atoms with Crippen molar-refractivity contribution >= 4 is 11.8 Å². The fourth-order valence-corrected chi connectivity index (χ4v) is 2.95. The summed E-state index contributed by atoms with van der Waals surface area (Å²) < 4.78 is 16.3. The fraction of sp³-hybridized carbons (Fsp3) is 0.667. The van der Waals surface area contributed by atoms with Gasteiger partial charge in [0.2, 0.25) is 0 Å². The minimum Gasteiger partial charge on any atom is -0.492 e. The van der Waals surface area contributed by atoms with E-state index in [4.69, 9.17) is 14.2 Å². The minimum absolute atomic E-state index is 0.399. The van der Waals surface area contributed by atoms with E-state index in [2.05, 4.69) is 17.1 Å². The average molecular weight is 379 g/mol. The van der Waals surface area contributed by atoms with Crippen LogP contribution in [0.25, 0.3) is 0 Å². The highest BCUT2D eigenvalue weighted by atomic mass is 16.5. The van der Waals surface area contributed by atoms with Gasteiger partial charge in [-0.05, 0) is 30.7 Å². The molecule has 1 aliphatic rings. The number of ether oxygens (including phenoxy) is 3. The Morgan fingerprint density at radius 3 is 2.48 bits per heavy atom. The molecule has 0 saturated carbocycles. The van der Waals surface area contributed by atoms with Gasteiger partial charge in [-0.3, -0.25) is 10.2 Å². The first-order valence-electron chi connectivity index (χ1n) is 10.2. The van der Waals surface area contributed by atoms with Gasteiger partial charge in [0, 0.05) is 25.3 Å². The average Bonchev–Trinajstić information content (AvgIpc) is 2.69. The van der Waals surface area contributed by atoms with Gasteiger partial charge in [0.05, 0.1) is 19.8 Å². The molecule has 1 saturated heterocycles. The lowest BCUT2D eigenvalue weighted by Crippen LogP contribution is -2.38. The Kier molecular flexibility index (Phi) is 10.7. The second-order valence-corrected chi connectivity index (χ2v) is 6.86. The summed E-state index contributed by atoms with van der Waals surface area (Å²) in [5.41, 5.74) is 0.712. The molecule has 152 valence electrons. The molecule has 0 aromatic heterocycles. The lowest BCUT2D eigenvalue weighted by molar-refractivity contribution is 0.0322. The molecule has 1 fully saturated rings. The number of anilines is 1. The molecule has 1 aromatic carbocycles. The van der Waals surface area contributed by atoms with E-state index in [-0.39, 0.29) is 0 Å². The molecule has 0 spiro atoms. The van der Waals surface area contributed by atoms with E-state index in [1.165, 1.54) is 25.7 Å². The highest BCUT2D eigenvalue weighted by Gasteiger charge is 2.09. The molecule has 0 bridgehead atoms. The van der Waals surface area contributed by atoms with Crippen LogP contribution in [0.2, 0.25) is 0 Å². The topological polar surface area (TPSA) is 60.0 Å². The summed E-state index contributed by atoms with van der Waals surface area (Å²) in [5, 5.41) is 2.75. The van der Waals surface area contributed by atoms with Crippen molar-refractivity contribution in [3.63, 3.8) is 0 Å². The number of nitrogens with zero attached hydrogens (tertiary/aromatic N) is 1. The number of amides is 1. The summed E-state index contributed by atoms with van der Waals surface area (Å²) in [5.74, 6) is 0.800. The number of nitrogens with one attached hydrogen (secondary N) is 1. The van der Waals surface area contributed by atoms with Crippen molar-refractivity contribution in [2.24, 2.45) is 0 Å². The molecule has 1 aliphatic heterocycles. The monoisotopic (exact) mass is 378 g/mol. The Hall–Kier alpha value is -1.79. The van der Waals surface area contributed by atoms with Gasteiger partial charge in [-0.25, -0.2) is 4.79 Å². The standard InChI is InChI=1S/C21H34N2O4/c1-2-3-4-5-6-7-15-27-21(24)22-19-8-10-20(11-9-19)26-18-14-23-12-16-25-17-13-23/h8-11H,2-7,12-18H2,1H3,(H,22,24). The molecule has 1 heterocycles.